The van der Waals surface area contributed by atoms with Crippen molar-refractivity contribution in [3.05, 3.63) is 38.4 Å². The zero-order valence-electron chi connectivity index (χ0n) is 70.3. The molecule has 3 fully saturated rings. The number of anilines is 1. The zero-order chi connectivity index (χ0) is 89.5. The van der Waals surface area contributed by atoms with Gasteiger partial charge in [-0.3, -0.25) is 53.8 Å². The van der Waals surface area contributed by atoms with E-state index in [2.05, 4.69) is 42.5 Å². The lowest BCUT2D eigenvalue weighted by Gasteiger charge is -2.37. The SMILES string of the molecule is CC(=O)N[C@@H]1CO[C@H](COCCOCCOCCOCCNC(=O)CCOCC(COCCC(=O)NCCOCCOCCOCCOC[C@H]2OC[C@@H](NC(C)=O)[C@@H](O)[C@H]2O)(COCCC(=O)NCCOCCOCCOCCOC[C@H]2OC[C@@H](NC(C)=O)[C@@H](O)[C@H]2O)NC(=O)COCCOCCOCCNc2ccc([N+](=O)[O-])cc2[N+](=O)[O-])[C@H](O)[C@@H]1O. The molecule has 0 bridgehead atoms. The van der Waals surface area contributed by atoms with Gasteiger partial charge in [-0.25, -0.2) is 0 Å². The molecular formula is C75H130N10O38. The molecule has 3 saturated heterocycles. The largest absolute Gasteiger partial charge is 0.388 e. The van der Waals surface area contributed by atoms with Crippen molar-refractivity contribution in [3.8, 4) is 0 Å². The maximum Gasteiger partial charge on any atom is 0.299 e. The van der Waals surface area contributed by atoms with Gasteiger partial charge in [0.25, 0.3) is 11.4 Å². The van der Waals surface area contributed by atoms with Crippen LogP contribution < -0.4 is 42.5 Å². The number of nitrogens with one attached hydrogen (secondary N) is 8. The van der Waals surface area contributed by atoms with Gasteiger partial charge in [-0.2, -0.15) is 0 Å². The first kappa shape index (κ1) is 108. The topological polar surface area (TPSA) is 617 Å². The lowest BCUT2D eigenvalue weighted by atomic mass is 9.98. The van der Waals surface area contributed by atoms with E-state index >= 15 is 0 Å². The standard InChI is InChI=1S/C75H130N10O38/c1-53(86)80-58-43-121-62(72(96)69(58)93)46-114-38-34-111-31-28-107-24-21-104-17-10-77-65(89)6-13-118-50-75(83-68(92)49-117-41-37-110-27-20-103-16-9-76-57-5-4-56(84(99)100)42-61(57)85(101)102,51-119-14-7-66(90)78-11-18-105-22-25-108-29-32-112-35-39-115-47-63-73(97)70(94)59(44-122-63)81-54(2)87)52-120-15-8-67(91)79-12-19-106-23-26-109-30-33-113-36-40-116-48-64-74(98)71(95)60(45-123-64)82-55(3)88/h4-5,42,58-60,62-64,69-74,76,93-98H,6-41,43-52H2,1-3H3,(H,77,89)(H,78,90)(H,79,91)(H,80,86)(H,81,87)(H,82,88)(H,83,92)/t58-,59-,60-,62-,63-,64-,69-,70-,71-,72+,73+,74+/m1/s1. The summed E-state index contributed by atoms with van der Waals surface area (Å²) in [6.07, 6.45) is -10.1. The molecule has 708 valence electrons. The van der Waals surface area contributed by atoms with Crippen LogP contribution in [0.2, 0.25) is 0 Å². The average molecular weight is 1780 g/mol. The highest BCUT2D eigenvalue weighted by atomic mass is 16.6. The van der Waals surface area contributed by atoms with Crippen molar-refractivity contribution >= 4 is 58.4 Å². The summed E-state index contributed by atoms with van der Waals surface area (Å²) in [4.78, 5) is 108. The number of hydrogen-bond acceptors (Lipinski definition) is 39. The molecule has 48 nitrogen and oxygen atoms in total. The van der Waals surface area contributed by atoms with Crippen molar-refractivity contribution in [1.29, 1.82) is 0 Å². The van der Waals surface area contributed by atoms with Crippen LogP contribution in [0.1, 0.15) is 40.0 Å². The van der Waals surface area contributed by atoms with Crippen LogP contribution in [-0.2, 0) is 133 Å². The van der Waals surface area contributed by atoms with Gasteiger partial charge in [0.1, 0.15) is 72.8 Å². The van der Waals surface area contributed by atoms with Gasteiger partial charge in [0.15, 0.2) is 0 Å². The minimum Gasteiger partial charge on any atom is -0.388 e. The molecule has 3 aliphatic rings. The van der Waals surface area contributed by atoms with Gasteiger partial charge < -0.3 is 173 Å². The minimum absolute atomic E-state index is 0.00710. The van der Waals surface area contributed by atoms with Crippen molar-refractivity contribution in [3.63, 3.8) is 0 Å². The predicted molar refractivity (Wildman–Crippen MR) is 425 cm³/mol. The monoisotopic (exact) mass is 1780 g/mol. The molecule has 0 aliphatic carbocycles. The van der Waals surface area contributed by atoms with E-state index < -0.39 is 112 Å². The highest BCUT2D eigenvalue weighted by Crippen LogP contribution is 2.29. The third kappa shape index (κ3) is 50.2. The van der Waals surface area contributed by atoms with Gasteiger partial charge in [0, 0.05) is 72.3 Å². The molecule has 12 atom stereocenters. The Morgan fingerprint density at radius 1 is 0.366 bits per heavy atom. The van der Waals surface area contributed by atoms with Gasteiger partial charge in [-0.15, -0.1) is 0 Å². The van der Waals surface area contributed by atoms with Crippen LogP contribution in [0.5, 0.6) is 0 Å². The maximum atomic E-state index is 13.8. The van der Waals surface area contributed by atoms with Gasteiger partial charge in [-0.1, -0.05) is 0 Å². The van der Waals surface area contributed by atoms with E-state index in [-0.39, 0.29) is 338 Å². The minimum atomic E-state index is -1.52. The predicted octanol–water partition coefficient (Wildman–Crippen LogP) is -6.54. The van der Waals surface area contributed by atoms with Crippen LogP contribution in [0.15, 0.2) is 18.2 Å². The molecule has 3 aliphatic heterocycles. The highest BCUT2D eigenvalue weighted by molar-refractivity contribution is 5.79. The normalized spacial score (nSPS) is 20.9. The highest BCUT2D eigenvalue weighted by Gasteiger charge is 2.42. The van der Waals surface area contributed by atoms with Crippen molar-refractivity contribution < 1.29 is 174 Å². The van der Waals surface area contributed by atoms with Crippen molar-refractivity contribution in [2.45, 2.75) is 119 Å². The van der Waals surface area contributed by atoms with E-state index in [1.54, 1.807) is 0 Å². The quantitative estimate of drug-likeness (QED) is 0.0164. The first-order valence-corrected chi connectivity index (χ1v) is 40.8. The first-order valence-electron chi connectivity index (χ1n) is 40.8. The number of nitro benzene ring substituents is 2. The lowest BCUT2D eigenvalue weighted by molar-refractivity contribution is -0.393. The third-order valence-electron chi connectivity index (χ3n) is 17.9. The summed E-state index contributed by atoms with van der Waals surface area (Å²) in [6, 6.07) is 1.04. The summed E-state index contributed by atoms with van der Waals surface area (Å²) >= 11 is 0. The van der Waals surface area contributed by atoms with E-state index in [9.17, 15) is 84.4 Å². The summed E-state index contributed by atoms with van der Waals surface area (Å²) in [5.74, 6) is -2.88. The van der Waals surface area contributed by atoms with E-state index in [1.165, 1.54) is 26.8 Å². The smallest absolute Gasteiger partial charge is 0.299 e. The molecule has 7 amide bonds. The molecule has 1 aromatic carbocycles. The van der Waals surface area contributed by atoms with E-state index in [0.29, 0.717) is 0 Å². The Kier molecular flexibility index (Phi) is 59.3. The molecule has 0 saturated carbocycles. The van der Waals surface area contributed by atoms with Crippen LogP contribution in [0.25, 0.3) is 0 Å². The van der Waals surface area contributed by atoms with Crippen molar-refractivity contribution in [2.24, 2.45) is 0 Å². The fourth-order valence-corrected chi connectivity index (χ4v) is 11.5. The molecule has 123 heavy (non-hydrogen) atoms. The molecule has 0 unspecified atom stereocenters. The van der Waals surface area contributed by atoms with Crippen molar-refractivity contribution in [1.82, 2.24) is 37.2 Å². The van der Waals surface area contributed by atoms with E-state index in [0.717, 1.165) is 12.1 Å². The summed E-state index contributed by atoms with van der Waals surface area (Å²) in [6.45, 7) is 7.65. The Morgan fingerprint density at radius 3 is 0.943 bits per heavy atom. The van der Waals surface area contributed by atoms with E-state index in [4.69, 9.17) is 99.5 Å². The van der Waals surface area contributed by atoms with Crippen LogP contribution in [0.3, 0.4) is 0 Å². The Balaban J connectivity index is 1.21. The van der Waals surface area contributed by atoms with Crippen LogP contribution >= 0.6 is 0 Å². The lowest BCUT2D eigenvalue weighted by Crippen LogP contribution is -2.59. The molecular weight excluding hydrogens is 1650 g/mol. The summed E-state index contributed by atoms with van der Waals surface area (Å²) in [5, 5.41) is 106. The van der Waals surface area contributed by atoms with Crippen LogP contribution in [-0.4, -0.2) is 444 Å². The number of rotatable bonds is 75. The number of carbonyl (C=O) groups is 7. The van der Waals surface area contributed by atoms with Crippen molar-refractivity contribution in [2.75, 3.05) is 289 Å². The maximum absolute atomic E-state index is 13.8. The Labute approximate surface area is 713 Å². The molecule has 0 radical (unpaired) electrons. The Bertz CT molecular complexity index is 2860. The average Bonchev–Trinajstić information content (AvgIpc) is 0.736. The van der Waals surface area contributed by atoms with Gasteiger partial charge in [0.05, 0.1) is 285 Å². The molecule has 48 heteroatoms. The number of benzene rings is 1. The van der Waals surface area contributed by atoms with E-state index in [1.807, 2.05) is 0 Å². The number of nitro groups is 2. The zero-order valence-corrected chi connectivity index (χ0v) is 70.3. The second-order valence-electron chi connectivity index (χ2n) is 27.9. The fourth-order valence-electron chi connectivity index (χ4n) is 11.5. The molecule has 1 aromatic rings. The summed E-state index contributed by atoms with van der Waals surface area (Å²) in [7, 11) is 0. The molecule has 14 N–H and O–H groups in total. The van der Waals surface area contributed by atoms with Crippen LogP contribution in [0.4, 0.5) is 17.1 Å². The molecule has 3 heterocycles. The fraction of sp³-hybridized carbons (Fsp3) is 0.827. The molecule has 0 spiro atoms. The second-order valence-corrected chi connectivity index (χ2v) is 27.9. The number of non-ortho nitro benzene ring substituents is 1. The number of hydrogen-bond donors (Lipinski definition) is 14. The number of amides is 7. The van der Waals surface area contributed by atoms with Gasteiger partial charge in [-0.05, 0) is 6.07 Å². The number of nitrogens with zero attached hydrogens (tertiary/aromatic N) is 2. The van der Waals surface area contributed by atoms with Gasteiger partial charge in [0.2, 0.25) is 41.4 Å². The molecule has 4 rings (SSSR count). The molecule has 0 aromatic heterocycles. The summed E-state index contributed by atoms with van der Waals surface area (Å²) < 4.78 is 118. The first-order chi connectivity index (χ1) is 59.4. The second kappa shape index (κ2) is 67.3. The number of carbonyl (C=O) groups excluding carboxylic acids is 7. The number of aliphatic hydroxyl groups excluding tert-OH is 6. The third-order valence-corrected chi connectivity index (χ3v) is 17.9. The van der Waals surface area contributed by atoms with Gasteiger partial charge >= 0.3 is 0 Å². The Morgan fingerprint density at radius 2 is 0.650 bits per heavy atom. The number of aliphatic hydroxyl groups is 6. The summed E-state index contributed by atoms with van der Waals surface area (Å²) in [5.41, 5.74) is -2.34. The Hall–Kier alpha value is -6.97. The van der Waals surface area contributed by atoms with Crippen LogP contribution in [0, 0.1) is 20.2 Å². The number of ether oxygens (including phenoxy) is 21.